The van der Waals surface area contributed by atoms with Crippen LogP contribution in [-0.4, -0.2) is 29.1 Å². The minimum atomic E-state index is -0.699. The number of nitrogens with zero attached hydrogens (tertiary/aromatic N) is 3. The summed E-state index contributed by atoms with van der Waals surface area (Å²) in [5.41, 5.74) is 0.806. The third-order valence-corrected chi connectivity index (χ3v) is 4.24. The highest BCUT2D eigenvalue weighted by Crippen LogP contribution is 2.36. The average Bonchev–Trinajstić information content (AvgIpc) is 2.46. The number of rotatable bonds is 3. The number of anilines is 1. The van der Waals surface area contributed by atoms with Gasteiger partial charge in [0.15, 0.2) is 0 Å². The molecule has 0 radical (unpaired) electrons. The largest absolute Gasteiger partial charge is 0.481 e. The third kappa shape index (κ3) is 2.60. The molecule has 0 spiro atoms. The number of aryl methyl sites for hydroxylation is 1. The van der Waals surface area contributed by atoms with Gasteiger partial charge in [-0.05, 0) is 38.3 Å². The topological polar surface area (TPSA) is 77.2 Å². The van der Waals surface area contributed by atoms with Crippen LogP contribution in [-0.2, 0) is 4.79 Å². The molecule has 1 N–H and O–H groups in total. The number of aromatic nitrogens is 1. The summed E-state index contributed by atoms with van der Waals surface area (Å²) >= 11 is 0. The van der Waals surface area contributed by atoms with E-state index in [1.54, 1.807) is 12.1 Å². The van der Waals surface area contributed by atoms with Crippen LogP contribution in [0.15, 0.2) is 12.1 Å². The Balaban J connectivity index is 2.17. The van der Waals surface area contributed by atoms with Crippen LogP contribution in [0.25, 0.3) is 0 Å². The van der Waals surface area contributed by atoms with Crippen LogP contribution < -0.4 is 4.90 Å². The second kappa shape index (κ2) is 5.49. The number of carboxylic acid groups (broad SMARTS) is 1. The lowest BCUT2D eigenvalue weighted by Gasteiger charge is -2.39. The molecule has 2 heterocycles. The summed E-state index contributed by atoms with van der Waals surface area (Å²) in [6.45, 7) is 5.13. The summed E-state index contributed by atoms with van der Waals surface area (Å²) in [5, 5.41) is 18.4. The molecule has 0 saturated carbocycles. The second-order valence-corrected chi connectivity index (χ2v) is 5.39. The van der Waals surface area contributed by atoms with Crippen LogP contribution in [0.5, 0.6) is 0 Å². The van der Waals surface area contributed by atoms with E-state index in [4.69, 9.17) is 5.26 Å². The van der Waals surface area contributed by atoms with Crippen molar-refractivity contribution in [1.29, 1.82) is 5.26 Å². The van der Waals surface area contributed by atoms with Crippen LogP contribution in [0.1, 0.15) is 37.4 Å². The van der Waals surface area contributed by atoms with Crippen molar-refractivity contribution in [1.82, 2.24) is 4.98 Å². The quantitative estimate of drug-likeness (QED) is 0.914. The van der Waals surface area contributed by atoms with E-state index in [1.165, 1.54) is 0 Å². The van der Waals surface area contributed by atoms with Crippen molar-refractivity contribution in [2.75, 3.05) is 18.0 Å². The highest BCUT2D eigenvalue weighted by molar-refractivity contribution is 5.75. The minimum absolute atomic E-state index is 0.595. The lowest BCUT2D eigenvalue weighted by Crippen LogP contribution is -2.44. The van der Waals surface area contributed by atoms with Gasteiger partial charge in [-0.25, -0.2) is 4.98 Å². The van der Waals surface area contributed by atoms with Gasteiger partial charge in [0.1, 0.15) is 5.82 Å². The number of hydrogen-bond acceptors (Lipinski definition) is 4. The summed E-state index contributed by atoms with van der Waals surface area (Å²) in [4.78, 5) is 18.0. The second-order valence-electron chi connectivity index (χ2n) is 5.39. The Bertz CT molecular complexity index is 555. The fourth-order valence-corrected chi connectivity index (χ4v) is 2.76. The molecule has 1 aromatic rings. The molecule has 0 unspecified atom stereocenters. The summed E-state index contributed by atoms with van der Waals surface area (Å²) in [6.07, 6.45) is 1.90. The molecule has 20 heavy (non-hydrogen) atoms. The highest BCUT2D eigenvalue weighted by atomic mass is 16.4. The normalized spacial score (nSPS) is 17.6. The monoisotopic (exact) mass is 273 g/mol. The molecular weight excluding hydrogens is 254 g/mol. The van der Waals surface area contributed by atoms with Gasteiger partial charge in [-0.15, -0.1) is 0 Å². The number of aliphatic carboxylic acids is 1. The molecule has 0 atom stereocenters. The van der Waals surface area contributed by atoms with Crippen molar-refractivity contribution >= 4 is 11.8 Å². The van der Waals surface area contributed by atoms with E-state index in [0.717, 1.165) is 11.5 Å². The molecule has 1 fully saturated rings. The molecule has 1 aliphatic rings. The molecule has 106 valence electrons. The summed E-state index contributed by atoms with van der Waals surface area (Å²) in [7, 11) is 0. The van der Waals surface area contributed by atoms with Gasteiger partial charge in [0.2, 0.25) is 0 Å². The van der Waals surface area contributed by atoms with E-state index in [1.807, 2.05) is 13.8 Å². The SMILES string of the molecule is CCC1(C(=O)O)CCN(c2cc(C#N)cc(C)n2)CC1. The van der Waals surface area contributed by atoms with E-state index in [-0.39, 0.29) is 0 Å². The summed E-state index contributed by atoms with van der Waals surface area (Å²) < 4.78 is 0. The van der Waals surface area contributed by atoms with Crippen LogP contribution in [0.4, 0.5) is 5.82 Å². The molecular formula is C15H19N3O2. The van der Waals surface area contributed by atoms with Gasteiger partial charge in [-0.2, -0.15) is 5.26 Å². The molecule has 1 aliphatic heterocycles. The van der Waals surface area contributed by atoms with Crippen molar-refractivity contribution in [3.8, 4) is 6.07 Å². The highest BCUT2D eigenvalue weighted by Gasteiger charge is 2.40. The Labute approximate surface area is 118 Å². The van der Waals surface area contributed by atoms with Crippen LogP contribution in [0, 0.1) is 23.7 Å². The number of pyridine rings is 1. The van der Waals surface area contributed by atoms with Gasteiger partial charge in [0, 0.05) is 18.8 Å². The van der Waals surface area contributed by atoms with Gasteiger partial charge in [-0.3, -0.25) is 4.79 Å². The van der Waals surface area contributed by atoms with Crippen LogP contribution in [0.3, 0.4) is 0 Å². The predicted octanol–water partition coefficient (Wildman–Crippen LogP) is 2.34. The Morgan fingerprint density at radius 2 is 2.15 bits per heavy atom. The maximum absolute atomic E-state index is 11.4. The molecule has 0 bridgehead atoms. The van der Waals surface area contributed by atoms with Crippen LogP contribution >= 0.6 is 0 Å². The number of nitriles is 1. The number of carbonyl (C=O) groups is 1. The van der Waals surface area contributed by atoms with E-state index in [9.17, 15) is 9.90 Å². The zero-order chi connectivity index (χ0) is 14.8. The van der Waals surface area contributed by atoms with Crippen molar-refractivity contribution in [3.05, 3.63) is 23.4 Å². The summed E-state index contributed by atoms with van der Waals surface area (Å²) in [6, 6.07) is 5.65. The smallest absolute Gasteiger partial charge is 0.309 e. The van der Waals surface area contributed by atoms with E-state index in [0.29, 0.717) is 37.9 Å². The van der Waals surface area contributed by atoms with Gasteiger partial charge in [-0.1, -0.05) is 6.92 Å². The Kier molecular flexibility index (Phi) is 3.93. The van der Waals surface area contributed by atoms with Crippen molar-refractivity contribution in [2.45, 2.75) is 33.1 Å². The third-order valence-electron chi connectivity index (χ3n) is 4.24. The van der Waals surface area contributed by atoms with Crippen LogP contribution in [0.2, 0.25) is 0 Å². The predicted molar refractivity (Wildman–Crippen MR) is 75.5 cm³/mol. The van der Waals surface area contributed by atoms with E-state index < -0.39 is 11.4 Å². The summed E-state index contributed by atoms with van der Waals surface area (Å²) in [5.74, 6) is 0.0752. The fraction of sp³-hybridized carbons (Fsp3) is 0.533. The molecule has 1 saturated heterocycles. The van der Waals surface area contributed by atoms with Crippen molar-refractivity contribution in [3.63, 3.8) is 0 Å². The maximum Gasteiger partial charge on any atom is 0.309 e. The van der Waals surface area contributed by atoms with Gasteiger partial charge in [0.05, 0.1) is 17.0 Å². The van der Waals surface area contributed by atoms with Crippen molar-refractivity contribution in [2.24, 2.45) is 5.41 Å². The van der Waals surface area contributed by atoms with Crippen molar-refractivity contribution < 1.29 is 9.90 Å². The minimum Gasteiger partial charge on any atom is -0.481 e. The lowest BCUT2D eigenvalue weighted by atomic mass is 9.76. The number of hydrogen-bond donors (Lipinski definition) is 1. The number of carboxylic acids is 1. The number of piperidine rings is 1. The first kappa shape index (κ1) is 14.3. The van der Waals surface area contributed by atoms with Gasteiger partial charge >= 0.3 is 5.97 Å². The molecule has 5 heteroatoms. The Morgan fingerprint density at radius 1 is 1.50 bits per heavy atom. The van der Waals surface area contributed by atoms with E-state index in [2.05, 4.69) is 16.0 Å². The first-order chi connectivity index (χ1) is 9.50. The van der Waals surface area contributed by atoms with Gasteiger partial charge in [0.25, 0.3) is 0 Å². The Morgan fingerprint density at radius 3 is 2.65 bits per heavy atom. The zero-order valence-electron chi connectivity index (χ0n) is 11.9. The molecule has 0 aromatic carbocycles. The zero-order valence-corrected chi connectivity index (χ0v) is 11.9. The fourth-order valence-electron chi connectivity index (χ4n) is 2.76. The molecule has 0 aliphatic carbocycles. The average molecular weight is 273 g/mol. The van der Waals surface area contributed by atoms with E-state index >= 15 is 0 Å². The first-order valence-corrected chi connectivity index (χ1v) is 6.88. The van der Waals surface area contributed by atoms with Gasteiger partial charge < -0.3 is 10.0 Å². The maximum atomic E-state index is 11.4. The molecule has 1 aromatic heterocycles. The molecule has 5 nitrogen and oxygen atoms in total. The molecule has 2 rings (SSSR count). The first-order valence-electron chi connectivity index (χ1n) is 6.88. The standard InChI is InChI=1S/C15H19N3O2/c1-3-15(14(19)20)4-6-18(7-5-15)13-9-12(10-16)8-11(2)17-13/h8-9H,3-7H2,1-2H3,(H,19,20). The lowest BCUT2D eigenvalue weighted by molar-refractivity contribution is -0.150. The Hall–Kier alpha value is -2.09. The molecule has 0 amide bonds.